The van der Waals surface area contributed by atoms with Gasteiger partial charge in [-0.1, -0.05) is 0 Å². The van der Waals surface area contributed by atoms with E-state index in [1.807, 2.05) is 24.0 Å². The monoisotopic (exact) mass is 250 g/mol. The smallest absolute Gasteiger partial charge is 0.263 e. The highest BCUT2D eigenvalue weighted by Crippen LogP contribution is 2.36. The average molecular weight is 250 g/mol. The maximum Gasteiger partial charge on any atom is 0.263 e. The van der Waals surface area contributed by atoms with Crippen molar-refractivity contribution in [2.24, 2.45) is 5.41 Å². The van der Waals surface area contributed by atoms with Gasteiger partial charge in [0.1, 0.15) is 0 Å². The molecule has 0 radical (unpaired) electrons. The molecular weight excluding hydrogens is 232 g/mol. The standard InChI is InChI=1S/C13H18N2OS/c1-10-2-3-11(17-10)12(16)15-7-5-13(9-15)4-6-14-8-13/h2-3,14H,4-9H2,1H3. The number of nitrogens with one attached hydrogen (secondary N) is 1. The summed E-state index contributed by atoms with van der Waals surface area (Å²) in [5.74, 6) is 0.229. The van der Waals surface area contributed by atoms with Crippen LogP contribution in [0.25, 0.3) is 0 Å². The van der Waals surface area contributed by atoms with E-state index < -0.39 is 0 Å². The highest BCUT2D eigenvalue weighted by atomic mass is 32.1. The third-order valence-electron chi connectivity index (χ3n) is 4.01. The first kappa shape index (κ1) is 11.2. The first-order valence-electron chi connectivity index (χ1n) is 6.25. The highest BCUT2D eigenvalue weighted by Gasteiger charge is 2.42. The predicted octanol–water partition coefficient (Wildman–Crippen LogP) is 1.88. The van der Waals surface area contributed by atoms with Crippen LogP contribution in [0.4, 0.5) is 0 Å². The molecule has 2 saturated heterocycles. The number of rotatable bonds is 1. The Morgan fingerprint density at radius 3 is 3.00 bits per heavy atom. The van der Waals surface area contributed by atoms with Gasteiger partial charge in [0, 0.05) is 29.9 Å². The summed E-state index contributed by atoms with van der Waals surface area (Å²) in [5, 5.41) is 3.42. The molecule has 4 heteroatoms. The summed E-state index contributed by atoms with van der Waals surface area (Å²) in [6.45, 7) is 6.11. The van der Waals surface area contributed by atoms with E-state index in [9.17, 15) is 4.79 Å². The molecule has 3 rings (SSSR count). The van der Waals surface area contributed by atoms with Crippen molar-refractivity contribution in [2.45, 2.75) is 19.8 Å². The number of amides is 1. The lowest BCUT2D eigenvalue weighted by atomic mass is 9.87. The van der Waals surface area contributed by atoms with E-state index in [1.54, 1.807) is 11.3 Å². The van der Waals surface area contributed by atoms with Crippen LogP contribution in [0.2, 0.25) is 0 Å². The summed E-state index contributed by atoms with van der Waals surface area (Å²) in [7, 11) is 0. The van der Waals surface area contributed by atoms with Gasteiger partial charge in [0.05, 0.1) is 4.88 Å². The van der Waals surface area contributed by atoms with Gasteiger partial charge in [-0.05, 0) is 38.4 Å². The zero-order valence-electron chi connectivity index (χ0n) is 10.2. The Bertz CT molecular complexity index is 434. The Kier molecular flexibility index (Phi) is 2.71. The van der Waals surface area contributed by atoms with Gasteiger partial charge in [0.2, 0.25) is 0 Å². The lowest BCUT2D eigenvalue weighted by Gasteiger charge is -2.22. The van der Waals surface area contributed by atoms with Crippen molar-refractivity contribution < 1.29 is 4.79 Å². The topological polar surface area (TPSA) is 32.3 Å². The van der Waals surface area contributed by atoms with Gasteiger partial charge >= 0.3 is 0 Å². The van der Waals surface area contributed by atoms with Crippen LogP contribution in [0.15, 0.2) is 12.1 Å². The fourth-order valence-electron chi connectivity index (χ4n) is 2.96. The lowest BCUT2D eigenvalue weighted by Crippen LogP contribution is -2.32. The molecular formula is C13H18N2OS. The third kappa shape index (κ3) is 2.00. The molecule has 3 nitrogen and oxygen atoms in total. The van der Waals surface area contributed by atoms with Gasteiger partial charge in [-0.25, -0.2) is 0 Å². The molecule has 1 spiro atoms. The minimum absolute atomic E-state index is 0.229. The Morgan fingerprint density at radius 1 is 1.47 bits per heavy atom. The van der Waals surface area contributed by atoms with Crippen molar-refractivity contribution in [2.75, 3.05) is 26.2 Å². The summed E-state index contributed by atoms with van der Waals surface area (Å²) in [6, 6.07) is 3.99. The number of likely N-dealkylation sites (tertiary alicyclic amines) is 1. The molecule has 0 aromatic carbocycles. The van der Waals surface area contributed by atoms with E-state index in [4.69, 9.17) is 0 Å². The number of aryl methyl sites for hydroxylation is 1. The van der Waals surface area contributed by atoms with E-state index in [0.29, 0.717) is 5.41 Å². The average Bonchev–Trinajstić information content (AvgIpc) is 3.02. The number of carbonyl (C=O) groups is 1. The molecule has 2 aliphatic rings. The zero-order valence-corrected chi connectivity index (χ0v) is 11.0. The van der Waals surface area contributed by atoms with Crippen LogP contribution in [0, 0.1) is 12.3 Å². The SMILES string of the molecule is Cc1ccc(C(=O)N2CCC3(CCNC3)C2)s1. The molecule has 0 bridgehead atoms. The second-order valence-corrected chi connectivity index (χ2v) is 6.60. The van der Waals surface area contributed by atoms with Crippen LogP contribution in [-0.4, -0.2) is 37.0 Å². The second kappa shape index (κ2) is 4.10. The van der Waals surface area contributed by atoms with Crippen LogP contribution in [0.3, 0.4) is 0 Å². The largest absolute Gasteiger partial charge is 0.337 e. The van der Waals surface area contributed by atoms with Crippen molar-refractivity contribution in [1.82, 2.24) is 10.2 Å². The van der Waals surface area contributed by atoms with Crippen molar-refractivity contribution in [3.63, 3.8) is 0 Å². The fraction of sp³-hybridized carbons (Fsp3) is 0.615. The van der Waals surface area contributed by atoms with Gasteiger partial charge in [0.15, 0.2) is 0 Å². The summed E-state index contributed by atoms with van der Waals surface area (Å²) in [5.41, 5.74) is 0.377. The summed E-state index contributed by atoms with van der Waals surface area (Å²) < 4.78 is 0. The number of carbonyl (C=O) groups excluding carboxylic acids is 1. The van der Waals surface area contributed by atoms with Crippen molar-refractivity contribution in [3.8, 4) is 0 Å². The maximum atomic E-state index is 12.3. The first-order valence-corrected chi connectivity index (χ1v) is 7.07. The predicted molar refractivity (Wildman–Crippen MR) is 69.5 cm³/mol. The van der Waals surface area contributed by atoms with Crippen LogP contribution in [-0.2, 0) is 0 Å². The van der Waals surface area contributed by atoms with Crippen molar-refractivity contribution in [3.05, 3.63) is 21.9 Å². The Hall–Kier alpha value is -0.870. The fourth-order valence-corrected chi connectivity index (χ4v) is 3.79. The third-order valence-corrected chi connectivity index (χ3v) is 5.00. The van der Waals surface area contributed by atoms with Gasteiger partial charge < -0.3 is 10.2 Å². The van der Waals surface area contributed by atoms with Crippen LogP contribution in [0.1, 0.15) is 27.4 Å². The molecule has 1 aromatic rings. The van der Waals surface area contributed by atoms with Gasteiger partial charge in [-0.15, -0.1) is 11.3 Å². The molecule has 1 atom stereocenters. The van der Waals surface area contributed by atoms with Crippen LogP contribution in [0.5, 0.6) is 0 Å². The van der Waals surface area contributed by atoms with Gasteiger partial charge in [0.25, 0.3) is 5.91 Å². The molecule has 2 aliphatic heterocycles. The van der Waals surface area contributed by atoms with Crippen molar-refractivity contribution in [1.29, 1.82) is 0 Å². The van der Waals surface area contributed by atoms with Crippen LogP contribution < -0.4 is 5.32 Å². The second-order valence-electron chi connectivity index (χ2n) is 5.31. The number of hydrogen-bond acceptors (Lipinski definition) is 3. The normalized spacial score (nSPS) is 28.2. The molecule has 3 heterocycles. The molecule has 1 aromatic heterocycles. The molecule has 92 valence electrons. The Labute approximate surface area is 106 Å². The Balaban J connectivity index is 1.72. The maximum absolute atomic E-state index is 12.3. The minimum Gasteiger partial charge on any atom is -0.337 e. The van der Waals surface area contributed by atoms with E-state index in [-0.39, 0.29) is 5.91 Å². The lowest BCUT2D eigenvalue weighted by molar-refractivity contribution is 0.0780. The summed E-state index contributed by atoms with van der Waals surface area (Å²) in [6.07, 6.45) is 2.39. The summed E-state index contributed by atoms with van der Waals surface area (Å²) >= 11 is 1.61. The molecule has 0 aliphatic carbocycles. The van der Waals surface area contributed by atoms with E-state index in [0.717, 1.165) is 37.5 Å². The Morgan fingerprint density at radius 2 is 2.35 bits per heavy atom. The molecule has 1 amide bonds. The quantitative estimate of drug-likeness (QED) is 0.825. The summed E-state index contributed by atoms with van der Waals surface area (Å²) in [4.78, 5) is 16.5. The highest BCUT2D eigenvalue weighted by molar-refractivity contribution is 7.13. The first-order chi connectivity index (χ1) is 8.19. The van der Waals surface area contributed by atoms with E-state index in [2.05, 4.69) is 5.32 Å². The molecule has 2 fully saturated rings. The number of nitrogens with zero attached hydrogens (tertiary/aromatic N) is 1. The number of hydrogen-bond donors (Lipinski definition) is 1. The zero-order chi connectivity index (χ0) is 11.9. The molecule has 0 saturated carbocycles. The molecule has 17 heavy (non-hydrogen) atoms. The van der Waals surface area contributed by atoms with Crippen molar-refractivity contribution >= 4 is 17.2 Å². The minimum atomic E-state index is 0.229. The number of thiophene rings is 1. The van der Waals surface area contributed by atoms with E-state index >= 15 is 0 Å². The van der Waals surface area contributed by atoms with Crippen LogP contribution >= 0.6 is 11.3 Å². The molecule has 1 unspecified atom stereocenters. The van der Waals surface area contributed by atoms with Gasteiger partial charge in [-0.2, -0.15) is 0 Å². The van der Waals surface area contributed by atoms with E-state index in [1.165, 1.54) is 11.3 Å². The van der Waals surface area contributed by atoms with Gasteiger partial charge in [-0.3, -0.25) is 4.79 Å². The molecule has 1 N–H and O–H groups in total.